The molecule has 13 heavy (non-hydrogen) atoms. The molecule has 74 valence electrons. The number of hydrogen-bond acceptors (Lipinski definition) is 4. The van der Waals surface area contributed by atoms with Crippen LogP contribution in [-0.4, -0.2) is 45.8 Å². The Morgan fingerprint density at radius 3 is 2.46 bits per heavy atom. The van der Waals surface area contributed by atoms with Crippen molar-refractivity contribution in [1.29, 1.82) is 0 Å². The molecule has 1 aliphatic rings. The van der Waals surface area contributed by atoms with E-state index in [0.29, 0.717) is 5.57 Å². The first-order valence-electron chi connectivity index (χ1n) is 4.11. The van der Waals surface area contributed by atoms with Gasteiger partial charge in [-0.2, -0.15) is 0 Å². The predicted molar refractivity (Wildman–Crippen MR) is 46.9 cm³/mol. The van der Waals surface area contributed by atoms with E-state index in [0.717, 1.165) is 0 Å². The van der Waals surface area contributed by atoms with Crippen molar-refractivity contribution < 1.29 is 20.4 Å². The van der Waals surface area contributed by atoms with Crippen LogP contribution in [0.4, 0.5) is 0 Å². The van der Waals surface area contributed by atoms with Crippen LogP contribution in [0.25, 0.3) is 0 Å². The van der Waals surface area contributed by atoms with Crippen molar-refractivity contribution in [2.45, 2.75) is 5.60 Å². The first-order valence-corrected chi connectivity index (χ1v) is 4.11. The Kier molecular flexibility index (Phi) is 3.22. The maximum Gasteiger partial charge on any atom is 0.114 e. The molecule has 0 bridgehead atoms. The number of rotatable bonds is 3. The summed E-state index contributed by atoms with van der Waals surface area (Å²) in [7, 11) is 0. The van der Waals surface area contributed by atoms with Crippen LogP contribution in [0.3, 0.4) is 0 Å². The van der Waals surface area contributed by atoms with Gasteiger partial charge in [0.25, 0.3) is 0 Å². The van der Waals surface area contributed by atoms with Gasteiger partial charge in [0.1, 0.15) is 5.60 Å². The molecule has 0 heterocycles. The van der Waals surface area contributed by atoms with Crippen LogP contribution in [0.1, 0.15) is 0 Å². The van der Waals surface area contributed by atoms with Gasteiger partial charge in [0.15, 0.2) is 0 Å². The van der Waals surface area contributed by atoms with E-state index >= 15 is 0 Å². The topological polar surface area (TPSA) is 80.9 Å². The van der Waals surface area contributed by atoms with Gasteiger partial charge in [0.2, 0.25) is 0 Å². The molecule has 0 saturated carbocycles. The summed E-state index contributed by atoms with van der Waals surface area (Å²) in [6.07, 6.45) is 4.51. The van der Waals surface area contributed by atoms with E-state index in [-0.39, 0.29) is 13.2 Å². The monoisotopic (exact) mass is 186 g/mol. The molecular formula is C9H14O4. The molecule has 2 atom stereocenters. The van der Waals surface area contributed by atoms with Gasteiger partial charge >= 0.3 is 0 Å². The fraction of sp³-hybridized carbons (Fsp3) is 0.556. The van der Waals surface area contributed by atoms with Crippen LogP contribution in [-0.2, 0) is 0 Å². The molecule has 0 radical (unpaired) electrons. The van der Waals surface area contributed by atoms with Crippen molar-refractivity contribution >= 4 is 0 Å². The highest BCUT2D eigenvalue weighted by Gasteiger charge is 2.33. The van der Waals surface area contributed by atoms with Crippen molar-refractivity contribution in [2.24, 2.45) is 5.92 Å². The highest BCUT2D eigenvalue weighted by atomic mass is 16.3. The SMILES string of the molecule is OCC1=CC(CO)C(O)(CO)C=C1. The lowest BCUT2D eigenvalue weighted by atomic mass is 9.83. The molecule has 4 nitrogen and oxygen atoms in total. The number of aliphatic hydroxyl groups is 4. The van der Waals surface area contributed by atoms with Crippen molar-refractivity contribution in [3.63, 3.8) is 0 Å². The minimum Gasteiger partial charge on any atom is -0.396 e. The maximum absolute atomic E-state index is 9.73. The molecule has 2 unspecified atom stereocenters. The average molecular weight is 186 g/mol. The van der Waals surface area contributed by atoms with Crippen molar-refractivity contribution in [2.75, 3.05) is 19.8 Å². The molecule has 0 aromatic heterocycles. The van der Waals surface area contributed by atoms with Crippen LogP contribution in [0.2, 0.25) is 0 Å². The van der Waals surface area contributed by atoms with E-state index in [1.165, 1.54) is 6.08 Å². The molecular weight excluding hydrogens is 172 g/mol. The fourth-order valence-electron chi connectivity index (χ4n) is 1.32. The first-order chi connectivity index (χ1) is 6.16. The lowest BCUT2D eigenvalue weighted by molar-refractivity contribution is -0.0242. The summed E-state index contributed by atoms with van der Waals surface area (Å²) in [6, 6.07) is 0. The van der Waals surface area contributed by atoms with Crippen LogP contribution in [0, 0.1) is 5.92 Å². The van der Waals surface area contributed by atoms with E-state index < -0.39 is 18.1 Å². The van der Waals surface area contributed by atoms with Crippen LogP contribution >= 0.6 is 0 Å². The standard InChI is InChI=1S/C9H14O4/c10-4-7-1-2-9(13,6-12)8(3-7)5-11/h1-3,8,10-13H,4-6H2. The fourth-order valence-corrected chi connectivity index (χ4v) is 1.32. The zero-order valence-electron chi connectivity index (χ0n) is 7.22. The normalized spacial score (nSPS) is 33.2. The molecule has 0 amide bonds. The lowest BCUT2D eigenvalue weighted by Crippen LogP contribution is -2.42. The Labute approximate surface area is 76.5 Å². The molecule has 0 saturated heterocycles. The highest BCUT2D eigenvalue weighted by Crippen LogP contribution is 2.26. The Morgan fingerprint density at radius 2 is 2.00 bits per heavy atom. The van der Waals surface area contributed by atoms with Gasteiger partial charge in [-0.25, -0.2) is 0 Å². The Balaban J connectivity index is 2.85. The second-order valence-electron chi connectivity index (χ2n) is 3.17. The third-order valence-corrected chi connectivity index (χ3v) is 2.28. The molecule has 4 N–H and O–H groups in total. The van der Waals surface area contributed by atoms with Crippen molar-refractivity contribution in [3.8, 4) is 0 Å². The Hall–Kier alpha value is -0.680. The molecule has 1 aliphatic carbocycles. The summed E-state index contributed by atoms with van der Waals surface area (Å²) in [4.78, 5) is 0. The van der Waals surface area contributed by atoms with Gasteiger partial charge in [-0.3, -0.25) is 0 Å². The van der Waals surface area contributed by atoms with Crippen LogP contribution in [0.15, 0.2) is 23.8 Å². The Morgan fingerprint density at radius 1 is 1.31 bits per heavy atom. The van der Waals surface area contributed by atoms with E-state index in [9.17, 15) is 5.11 Å². The van der Waals surface area contributed by atoms with Gasteiger partial charge < -0.3 is 20.4 Å². The summed E-state index contributed by atoms with van der Waals surface area (Å²) in [6.45, 7) is -0.830. The third-order valence-electron chi connectivity index (χ3n) is 2.28. The predicted octanol–water partition coefficient (Wildman–Crippen LogP) is -1.19. The minimum absolute atomic E-state index is 0.130. The van der Waals surface area contributed by atoms with Gasteiger partial charge in [-0.1, -0.05) is 12.2 Å². The molecule has 1 rings (SSSR count). The minimum atomic E-state index is -1.40. The maximum atomic E-state index is 9.73. The van der Waals surface area contributed by atoms with Gasteiger partial charge in [-0.15, -0.1) is 0 Å². The van der Waals surface area contributed by atoms with Crippen molar-refractivity contribution in [1.82, 2.24) is 0 Å². The molecule has 0 aliphatic heterocycles. The summed E-state index contributed by atoms with van der Waals surface area (Å²) in [5.74, 6) is -0.551. The third kappa shape index (κ3) is 1.97. The average Bonchev–Trinajstić information content (AvgIpc) is 2.18. The highest BCUT2D eigenvalue weighted by molar-refractivity contribution is 5.30. The summed E-state index contributed by atoms with van der Waals surface area (Å²) >= 11 is 0. The number of aliphatic hydroxyl groups excluding tert-OH is 3. The number of hydrogen-bond donors (Lipinski definition) is 4. The van der Waals surface area contributed by atoms with Crippen molar-refractivity contribution in [3.05, 3.63) is 23.8 Å². The van der Waals surface area contributed by atoms with Crippen LogP contribution in [0.5, 0.6) is 0 Å². The molecule has 0 aromatic carbocycles. The molecule has 0 fully saturated rings. The molecule has 4 heteroatoms. The van der Waals surface area contributed by atoms with Gasteiger partial charge in [-0.05, 0) is 11.6 Å². The Bertz CT molecular complexity index is 234. The van der Waals surface area contributed by atoms with Gasteiger partial charge in [0, 0.05) is 5.92 Å². The summed E-state index contributed by atoms with van der Waals surface area (Å²) in [5.41, 5.74) is -0.759. The largest absolute Gasteiger partial charge is 0.396 e. The summed E-state index contributed by atoms with van der Waals surface area (Å²) in [5, 5.41) is 36.4. The zero-order chi connectivity index (χ0) is 9.90. The smallest absolute Gasteiger partial charge is 0.114 e. The van der Waals surface area contributed by atoms with E-state index in [2.05, 4.69) is 0 Å². The quantitative estimate of drug-likeness (QED) is 0.446. The molecule has 0 spiro atoms. The first kappa shape index (κ1) is 10.4. The molecule has 0 aromatic rings. The van der Waals surface area contributed by atoms with E-state index in [4.69, 9.17) is 15.3 Å². The second-order valence-corrected chi connectivity index (χ2v) is 3.17. The zero-order valence-corrected chi connectivity index (χ0v) is 7.22. The van der Waals surface area contributed by atoms with E-state index in [1.54, 1.807) is 12.2 Å². The van der Waals surface area contributed by atoms with Crippen LogP contribution < -0.4 is 0 Å². The lowest BCUT2D eigenvalue weighted by Gasteiger charge is -2.31. The van der Waals surface area contributed by atoms with Gasteiger partial charge in [0.05, 0.1) is 19.8 Å². The summed E-state index contributed by atoms with van der Waals surface area (Å²) < 4.78 is 0. The second kappa shape index (κ2) is 4.02. The van der Waals surface area contributed by atoms with E-state index in [1.807, 2.05) is 0 Å².